The van der Waals surface area contributed by atoms with E-state index in [1.165, 1.54) is 0 Å². The standard InChI is InChI=1S/C35H39N3O6/c1-18-14-23-27(20(3)34(9-10-34)32(5,42)29(23)39)22(18)8-7-13-44-31(41)26-17-38(37-36-26)16-25-19(2)15-24-28(25)21(4)35(11-12-35)33(6,43)30(24)40/h14-15,17,42-43H,7-13,16H2,1-6H3/t32-,33-/m0/s1. The second kappa shape index (κ2) is 9.17. The van der Waals surface area contributed by atoms with E-state index < -0.39 is 28.0 Å². The van der Waals surface area contributed by atoms with Crippen LogP contribution < -0.4 is 0 Å². The predicted octanol–water partition coefficient (Wildman–Crippen LogP) is 4.59. The van der Waals surface area contributed by atoms with E-state index in [1.54, 1.807) is 24.7 Å². The molecule has 6 aliphatic carbocycles. The lowest BCUT2D eigenvalue weighted by Gasteiger charge is -2.39. The molecule has 2 saturated carbocycles. The topological polar surface area (TPSA) is 132 Å². The molecule has 2 spiro atoms. The third-order valence-corrected chi connectivity index (χ3v) is 11.6. The molecule has 1 aromatic rings. The van der Waals surface area contributed by atoms with Gasteiger partial charge in [0.15, 0.2) is 17.3 Å². The molecule has 0 radical (unpaired) electrons. The zero-order chi connectivity index (χ0) is 31.6. The highest BCUT2D eigenvalue weighted by Gasteiger charge is 2.66. The van der Waals surface area contributed by atoms with Crippen LogP contribution in [0, 0.1) is 10.8 Å². The first-order valence-corrected chi connectivity index (χ1v) is 15.6. The molecule has 9 heteroatoms. The number of hydrogen-bond donors (Lipinski definition) is 2. The number of aromatic nitrogens is 3. The lowest BCUT2D eigenvalue weighted by molar-refractivity contribution is -0.138. The zero-order valence-corrected chi connectivity index (χ0v) is 26.3. The summed E-state index contributed by atoms with van der Waals surface area (Å²) >= 11 is 0. The first-order chi connectivity index (χ1) is 20.7. The van der Waals surface area contributed by atoms with Gasteiger partial charge in [0.25, 0.3) is 0 Å². The minimum Gasteiger partial charge on any atom is -0.461 e. The van der Waals surface area contributed by atoms with Gasteiger partial charge >= 0.3 is 5.97 Å². The first-order valence-electron chi connectivity index (χ1n) is 15.6. The largest absolute Gasteiger partial charge is 0.461 e. The van der Waals surface area contributed by atoms with E-state index in [1.807, 2.05) is 39.8 Å². The summed E-state index contributed by atoms with van der Waals surface area (Å²) in [5.74, 6) is -0.991. The summed E-state index contributed by atoms with van der Waals surface area (Å²) in [6.07, 6.45) is 9.71. The Labute approximate surface area is 256 Å². The summed E-state index contributed by atoms with van der Waals surface area (Å²) in [4.78, 5) is 39.3. The highest BCUT2D eigenvalue weighted by molar-refractivity contribution is 6.11. The molecule has 0 amide bonds. The van der Waals surface area contributed by atoms with Crippen molar-refractivity contribution in [2.24, 2.45) is 10.8 Å². The highest BCUT2D eigenvalue weighted by atomic mass is 16.5. The van der Waals surface area contributed by atoms with E-state index in [2.05, 4.69) is 10.3 Å². The molecule has 0 bridgehead atoms. The zero-order valence-electron chi connectivity index (χ0n) is 26.3. The number of aliphatic hydroxyl groups is 2. The van der Waals surface area contributed by atoms with Crippen LogP contribution in [0.4, 0.5) is 0 Å². The molecule has 1 heterocycles. The molecule has 1 aromatic heterocycles. The smallest absolute Gasteiger partial charge is 0.360 e. The number of Topliss-reactive ketones (excluding diaryl/α,β-unsaturated/α-hetero) is 2. The van der Waals surface area contributed by atoms with E-state index in [-0.39, 0.29) is 23.9 Å². The third kappa shape index (κ3) is 3.68. The molecular weight excluding hydrogens is 558 g/mol. The summed E-state index contributed by atoms with van der Waals surface area (Å²) in [7, 11) is 0. The molecule has 7 rings (SSSR count). The van der Waals surface area contributed by atoms with Crippen LogP contribution in [0.5, 0.6) is 0 Å². The number of esters is 1. The van der Waals surface area contributed by atoms with Crippen molar-refractivity contribution in [3.05, 3.63) is 79.8 Å². The Morgan fingerprint density at radius 2 is 1.36 bits per heavy atom. The third-order valence-electron chi connectivity index (χ3n) is 11.6. The van der Waals surface area contributed by atoms with Crippen molar-refractivity contribution < 1.29 is 29.3 Å². The number of hydrogen-bond acceptors (Lipinski definition) is 8. The van der Waals surface area contributed by atoms with Crippen molar-refractivity contribution in [1.29, 1.82) is 0 Å². The van der Waals surface area contributed by atoms with E-state index in [0.29, 0.717) is 30.5 Å². The van der Waals surface area contributed by atoms with Crippen LogP contribution in [0.2, 0.25) is 0 Å². The first kappa shape index (κ1) is 29.0. The minimum atomic E-state index is -1.40. The maximum absolute atomic E-state index is 13.2. The Kier molecular flexibility index (Phi) is 6.05. The van der Waals surface area contributed by atoms with Gasteiger partial charge in [-0.2, -0.15) is 0 Å². The molecule has 2 fully saturated rings. The number of carbonyl (C=O) groups excluding carboxylic acids is 3. The monoisotopic (exact) mass is 597 g/mol. The summed E-state index contributed by atoms with van der Waals surface area (Å²) in [5.41, 5.74) is 5.50. The fourth-order valence-electron chi connectivity index (χ4n) is 8.47. The number of carbonyl (C=O) groups is 3. The lowest BCUT2D eigenvalue weighted by Crippen LogP contribution is -2.49. The second-order valence-electron chi connectivity index (χ2n) is 13.9. The Hall–Kier alpha value is -3.69. The molecule has 230 valence electrons. The average molecular weight is 598 g/mol. The quantitative estimate of drug-likeness (QED) is 0.345. The number of ketones is 2. The molecule has 44 heavy (non-hydrogen) atoms. The normalized spacial score (nSPS) is 29.5. The van der Waals surface area contributed by atoms with Gasteiger partial charge in [0.1, 0.15) is 11.2 Å². The van der Waals surface area contributed by atoms with Crippen molar-refractivity contribution in [2.45, 2.75) is 97.8 Å². The Bertz CT molecular complexity index is 1780. The van der Waals surface area contributed by atoms with Crippen molar-refractivity contribution in [3.63, 3.8) is 0 Å². The van der Waals surface area contributed by atoms with Crippen LogP contribution in [0.15, 0.2) is 74.1 Å². The fraction of sp³-hybridized carbons (Fsp3) is 0.514. The van der Waals surface area contributed by atoms with Crippen molar-refractivity contribution in [1.82, 2.24) is 15.0 Å². The van der Waals surface area contributed by atoms with E-state index in [4.69, 9.17) is 4.74 Å². The van der Waals surface area contributed by atoms with Gasteiger partial charge in [0.2, 0.25) is 0 Å². The van der Waals surface area contributed by atoms with E-state index in [9.17, 15) is 24.6 Å². The van der Waals surface area contributed by atoms with Crippen LogP contribution in [0.3, 0.4) is 0 Å². The SMILES string of the molecule is CC1=C(CCCOC(=O)c2cn(CC3=C(C)C=C4C(=O)[C@](C)(O)C5(CC5)C(C)=C43)nn2)C2=C(C)C3(CC3)[C@@](C)(O)C(=O)C2=C1. The summed E-state index contributed by atoms with van der Waals surface area (Å²) in [6, 6.07) is 0. The number of rotatable bonds is 7. The number of nitrogens with zero attached hydrogens (tertiary/aromatic N) is 3. The van der Waals surface area contributed by atoms with E-state index in [0.717, 1.165) is 70.3 Å². The number of fused-ring (bicyclic) bond motifs is 2. The summed E-state index contributed by atoms with van der Waals surface area (Å²) in [6.45, 7) is 11.8. The van der Waals surface area contributed by atoms with Crippen molar-refractivity contribution in [2.75, 3.05) is 6.61 Å². The Morgan fingerprint density at radius 1 is 0.864 bits per heavy atom. The number of ether oxygens (including phenoxy) is 1. The molecular formula is C35H39N3O6. The molecule has 9 nitrogen and oxygen atoms in total. The van der Waals surface area contributed by atoms with Gasteiger partial charge in [0.05, 0.1) is 19.3 Å². The fourth-order valence-corrected chi connectivity index (χ4v) is 8.47. The van der Waals surface area contributed by atoms with Crippen LogP contribution in [-0.2, 0) is 20.9 Å². The van der Waals surface area contributed by atoms with Crippen molar-refractivity contribution in [3.8, 4) is 0 Å². The summed E-state index contributed by atoms with van der Waals surface area (Å²) < 4.78 is 7.14. The van der Waals surface area contributed by atoms with Crippen LogP contribution >= 0.6 is 0 Å². The molecule has 2 N–H and O–H groups in total. The van der Waals surface area contributed by atoms with Crippen LogP contribution in [0.1, 0.15) is 90.6 Å². The summed E-state index contributed by atoms with van der Waals surface area (Å²) in [5, 5.41) is 30.4. The van der Waals surface area contributed by atoms with E-state index >= 15 is 0 Å². The second-order valence-corrected chi connectivity index (χ2v) is 13.9. The molecule has 0 unspecified atom stereocenters. The van der Waals surface area contributed by atoms with Gasteiger partial charge in [-0.3, -0.25) is 9.59 Å². The maximum Gasteiger partial charge on any atom is 0.360 e. The average Bonchev–Trinajstić information content (AvgIpc) is 3.86. The van der Waals surface area contributed by atoms with Gasteiger partial charge in [-0.05, 0) is 126 Å². The predicted molar refractivity (Wildman–Crippen MR) is 161 cm³/mol. The molecule has 0 aromatic carbocycles. The minimum absolute atomic E-state index is 0.107. The van der Waals surface area contributed by atoms with Gasteiger partial charge in [-0.25, -0.2) is 9.48 Å². The van der Waals surface area contributed by atoms with Gasteiger partial charge in [0, 0.05) is 22.0 Å². The highest BCUT2D eigenvalue weighted by Crippen LogP contribution is 2.66. The van der Waals surface area contributed by atoms with Gasteiger partial charge in [-0.1, -0.05) is 16.4 Å². The number of allylic oxidation sites excluding steroid dienone is 8. The maximum atomic E-state index is 13.2. The molecule has 2 atom stereocenters. The van der Waals surface area contributed by atoms with Crippen LogP contribution in [0.25, 0.3) is 0 Å². The lowest BCUT2D eigenvalue weighted by atomic mass is 9.67. The molecule has 0 aliphatic heterocycles. The van der Waals surface area contributed by atoms with Gasteiger partial charge in [-0.15, -0.1) is 5.10 Å². The van der Waals surface area contributed by atoms with Crippen molar-refractivity contribution >= 4 is 17.5 Å². The van der Waals surface area contributed by atoms with Crippen LogP contribution in [-0.4, -0.2) is 60.6 Å². The molecule has 0 saturated heterocycles. The Balaban J connectivity index is 0.993. The molecule has 6 aliphatic rings. The Morgan fingerprint density at radius 3 is 1.89 bits per heavy atom. The van der Waals surface area contributed by atoms with Gasteiger partial charge < -0.3 is 14.9 Å².